The van der Waals surface area contributed by atoms with E-state index in [1.54, 1.807) is 27.7 Å². The number of nitrogens with zero attached hydrogens (tertiary/aromatic N) is 1. The van der Waals surface area contributed by atoms with Crippen LogP contribution in [-0.4, -0.2) is 22.6 Å². The maximum absolute atomic E-state index is 11.5. The van der Waals surface area contributed by atoms with Gasteiger partial charge in [0.1, 0.15) is 5.60 Å². The van der Waals surface area contributed by atoms with Gasteiger partial charge in [-0.25, -0.2) is 15.2 Å². The van der Waals surface area contributed by atoms with Crippen LogP contribution in [0.4, 0.5) is 4.79 Å². The van der Waals surface area contributed by atoms with E-state index in [2.05, 4.69) is 15.8 Å². The minimum absolute atomic E-state index is 0.0426. The maximum Gasteiger partial charge on any atom is 0.426 e. The molecule has 1 aromatic heterocycles. The molecule has 0 saturated heterocycles. The van der Waals surface area contributed by atoms with Gasteiger partial charge < -0.3 is 9.15 Å². The summed E-state index contributed by atoms with van der Waals surface area (Å²) in [6, 6.07) is 0. The Hall–Kier alpha value is -2.05. The number of hydrogen-bond acceptors (Lipinski definition) is 5. The van der Waals surface area contributed by atoms with Gasteiger partial charge in [0.25, 0.3) is 0 Å². The predicted molar refractivity (Wildman–Crippen MR) is 58.1 cm³/mol. The highest BCUT2D eigenvalue weighted by atomic mass is 16.6. The summed E-state index contributed by atoms with van der Waals surface area (Å²) in [6.45, 7) is 6.77. The number of amides is 2. The van der Waals surface area contributed by atoms with Crippen molar-refractivity contribution in [1.29, 1.82) is 0 Å². The van der Waals surface area contributed by atoms with Crippen LogP contribution in [0.15, 0.2) is 10.8 Å². The van der Waals surface area contributed by atoms with Crippen LogP contribution < -0.4 is 10.9 Å². The van der Waals surface area contributed by atoms with Gasteiger partial charge in [0.15, 0.2) is 6.39 Å². The molecule has 2 N–H and O–H groups in total. The Morgan fingerprint density at radius 2 is 2.00 bits per heavy atom. The lowest BCUT2D eigenvalue weighted by Crippen LogP contribution is -2.44. The Bertz CT molecular complexity index is 419. The average Bonchev–Trinajstić information content (AvgIpc) is 2.58. The first-order valence-electron chi connectivity index (χ1n) is 4.99. The van der Waals surface area contributed by atoms with Crippen molar-refractivity contribution in [3.8, 4) is 0 Å². The highest BCUT2D eigenvalue weighted by Gasteiger charge is 2.18. The van der Waals surface area contributed by atoms with E-state index < -0.39 is 17.6 Å². The van der Waals surface area contributed by atoms with Crippen LogP contribution in [0.25, 0.3) is 0 Å². The third-order valence-electron chi connectivity index (χ3n) is 1.63. The summed E-state index contributed by atoms with van der Waals surface area (Å²) in [6.07, 6.45) is 0.403. The second-order valence-corrected chi connectivity index (χ2v) is 4.35. The molecule has 0 fully saturated rings. The Balaban J connectivity index is 2.45. The van der Waals surface area contributed by atoms with Gasteiger partial charge >= 0.3 is 12.0 Å². The molecule has 0 aliphatic heterocycles. The molecular weight excluding hydrogens is 226 g/mol. The van der Waals surface area contributed by atoms with Crippen molar-refractivity contribution in [1.82, 2.24) is 15.8 Å². The largest absolute Gasteiger partial charge is 0.443 e. The van der Waals surface area contributed by atoms with E-state index in [0.29, 0.717) is 5.69 Å². The molecule has 7 nitrogen and oxygen atoms in total. The van der Waals surface area contributed by atoms with Gasteiger partial charge in [-0.3, -0.25) is 10.2 Å². The van der Waals surface area contributed by atoms with E-state index in [1.807, 2.05) is 0 Å². The normalized spacial score (nSPS) is 10.8. The van der Waals surface area contributed by atoms with Crippen LogP contribution in [0.2, 0.25) is 0 Å². The van der Waals surface area contributed by atoms with E-state index in [9.17, 15) is 9.59 Å². The fourth-order valence-corrected chi connectivity index (χ4v) is 0.988. The number of rotatable bonds is 1. The molecule has 1 aromatic rings. The Kier molecular flexibility index (Phi) is 3.72. The number of nitrogens with one attached hydrogen (secondary N) is 2. The van der Waals surface area contributed by atoms with E-state index in [0.717, 1.165) is 6.39 Å². The number of hydrogen-bond donors (Lipinski definition) is 2. The number of carbonyl (C=O) groups excluding carboxylic acids is 2. The van der Waals surface area contributed by atoms with Crippen LogP contribution >= 0.6 is 0 Å². The third kappa shape index (κ3) is 4.13. The molecule has 0 radical (unpaired) electrons. The average molecular weight is 241 g/mol. The molecule has 2 amide bonds. The molecule has 0 spiro atoms. The van der Waals surface area contributed by atoms with Crippen molar-refractivity contribution in [2.75, 3.05) is 0 Å². The van der Waals surface area contributed by atoms with Crippen LogP contribution in [0.5, 0.6) is 0 Å². The van der Waals surface area contributed by atoms with Gasteiger partial charge in [-0.1, -0.05) is 0 Å². The van der Waals surface area contributed by atoms with Crippen molar-refractivity contribution >= 4 is 12.0 Å². The Morgan fingerprint density at radius 1 is 1.35 bits per heavy atom. The second kappa shape index (κ2) is 4.86. The lowest BCUT2D eigenvalue weighted by molar-refractivity contribution is 0.0480. The first-order valence-corrected chi connectivity index (χ1v) is 4.99. The van der Waals surface area contributed by atoms with Crippen LogP contribution in [-0.2, 0) is 4.74 Å². The van der Waals surface area contributed by atoms with E-state index in [-0.39, 0.29) is 5.76 Å². The molecule has 0 saturated carbocycles. The first-order chi connectivity index (χ1) is 7.79. The summed E-state index contributed by atoms with van der Waals surface area (Å²) in [5, 5.41) is 0. The van der Waals surface area contributed by atoms with E-state index in [1.165, 1.54) is 0 Å². The highest BCUT2D eigenvalue weighted by Crippen LogP contribution is 2.06. The number of aromatic nitrogens is 1. The molecule has 7 heteroatoms. The van der Waals surface area contributed by atoms with Crippen molar-refractivity contribution in [3.63, 3.8) is 0 Å². The summed E-state index contributed by atoms with van der Waals surface area (Å²) in [7, 11) is 0. The quantitative estimate of drug-likeness (QED) is 0.719. The summed E-state index contributed by atoms with van der Waals surface area (Å²) in [5.74, 6) is -0.549. The monoisotopic (exact) mass is 241 g/mol. The van der Waals surface area contributed by atoms with E-state index in [4.69, 9.17) is 9.15 Å². The smallest absolute Gasteiger partial charge is 0.426 e. The predicted octanol–water partition coefficient (Wildman–Crippen LogP) is 1.15. The molecule has 0 aromatic carbocycles. The van der Waals surface area contributed by atoms with Gasteiger partial charge in [0, 0.05) is 0 Å². The summed E-state index contributed by atoms with van der Waals surface area (Å²) < 4.78 is 9.77. The summed E-state index contributed by atoms with van der Waals surface area (Å²) in [4.78, 5) is 26.5. The molecule has 17 heavy (non-hydrogen) atoms. The number of ether oxygens (including phenoxy) is 1. The molecule has 0 atom stereocenters. The minimum Gasteiger partial charge on any atom is -0.443 e. The molecule has 0 aliphatic rings. The standard InChI is InChI=1S/C10H15N3O4/c1-6-7(16-5-11-6)8(14)12-13-9(15)17-10(2,3)4/h5H,1-4H3,(H,12,14)(H,13,15). The van der Waals surface area contributed by atoms with Crippen molar-refractivity contribution in [2.24, 2.45) is 0 Å². The molecule has 1 heterocycles. The summed E-state index contributed by atoms with van der Waals surface area (Å²) >= 11 is 0. The Morgan fingerprint density at radius 3 is 2.47 bits per heavy atom. The van der Waals surface area contributed by atoms with Gasteiger partial charge in [0.2, 0.25) is 5.76 Å². The molecule has 0 unspecified atom stereocenters. The molecule has 0 aliphatic carbocycles. The summed E-state index contributed by atoms with van der Waals surface area (Å²) in [5.41, 5.74) is 4.07. The minimum atomic E-state index is -0.747. The first kappa shape index (κ1) is 13.0. The van der Waals surface area contributed by atoms with Gasteiger partial charge in [-0.2, -0.15) is 0 Å². The van der Waals surface area contributed by atoms with E-state index >= 15 is 0 Å². The third-order valence-corrected chi connectivity index (χ3v) is 1.63. The van der Waals surface area contributed by atoms with Crippen LogP contribution in [0.1, 0.15) is 37.0 Å². The second-order valence-electron chi connectivity index (χ2n) is 4.35. The molecule has 0 bridgehead atoms. The fourth-order valence-electron chi connectivity index (χ4n) is 0.988. The highest BCUT2D eigenvalue weighted by molar-refractivity contribution is 5.93. The van der Waals surface area contributed by atoms with Gasteiger partial charge in [-0.15, -0.1) is 0 Å². The van der Waals surface area contributed by atoms with Crippen molar-refractivity contribution in [3.05, 3.63) is 17.8 Å². The van der Waals surface area contributed by atoms with Gasteiger partial charge in [-0.05, 0) is 27.7 Å². The Labute approximate surface area is 98.5 Å². The van der Waals surface area contributed by atoms with Crippen molar-refractivity contribution < 1.29 is 18.7 Å². The number of aryl methyl sites for hydroxylation is 1. The zero-order valence-corrected chi connectivity index (χ0v) is 10.2. The fraction of sp³-hybridized carbons (Fsp3) is 0.500. The van der Waals surface area contributed by atoms with Gasteiger partial charge in [0.05, 0.1) is 5.69 Å². The SMILES string of the molecule is Cc1ncoc1C(=O)NNC(=O)OC(C)(C)C. The lowest BCUT2D eigenvalue weighted by Gasteiger charge is -2.19. The lowest BCUT2D eigenvalue weighted by atomic mass is 10.2. The zero-order valence-electron chi connectivity index (χ0n) is 10.2. The number of oxazole rings is 1. The zero-order chi connectivity index (χ0) is 13.1. The van der Waals surface area contributed by atoms with Crippen LogP contribution in [0, 0.1) is 6.92 Å². The molecule has 94 valence electrons. The van der Waals surface area contributed by atoms with Crippen LogP contribution in [0.3, 0.4) is 0 Å². The molecular formula is C10H15N3O4. The number of carbonyl (C=O) groups is 2. The maximum atomic E-state index is 11.5. The topological polar surface area (TPSA) is 93.5 Å². The molecule has 1 rings (SSSR count). The number of hydrazine groups is 1. The van der Waals surface area contributed by atoms with Crippen molar-refractivity contribution in [2.45, 2.75) is 33.3 Å².